The Hall–Kier alpha value is -1.18. The van der Waals surface area contributed by atoms with Gasteiger partial charge in [0.2, 0.25) is 0 Å². The van der Waals surface area contributed by atoms with Crippen LogP contribution in [-0.2, 0) is 28.5 Å². The number of hydrogen-bond donors (Lipinski definition) is 1. The highest BCUT2D eigenvalue weighted by Gasteiger charge is 2.87. The smallest absolute Gasteiger partial charge is 0.312 e. The predicted octanol–water partition coefficient (Wildman–Crippen LogP) is 2.05. The van der Waals surface area contributed by atoms with E-state index in [1.807, 2.05) is 0 Å². The minimum atomic E-state index is -0.562. The lowest BCUT2D eigenvalue weighted by Crippen LogP contribution is -2.72. The summed E-state index contributed by atoms with van der Waals surface area (Å²) in [6.07, 6.45) is 6.84. The van der Waals surface area contributed by atoms with E-state index in [9.17, 15) is 14.7 Å². The summed E-state index contributed by atoms with van der Waals surface area (Å²) in [5, 5.41) is 10.7. The molecule has 0 radical (unpaired) electrons. The van der Waals surface area contributed by atoms with Crippen LogP contribution in [0.25, 0.3) is 0 Å². The number of rotatable bonds is 4. The number of esters is 2. The van der Waals surface area contributed by atoms with Crippen LogP contribution >= 0.6 is 0 Å². The summed E-state index contributed by atoms with van der Waals surface area (Å²) in [5.41, 5.74) is -0.795. The van der Waals surface area contributed by atoms with Gasteiger partial charge < -0.3 is 24.1 Å². The molecule has 7 aliphatic rings. The van der Waals surface area contributed by atoms with Gasteiger partial charge in [-0.3, -0.25) is 9.59 Å². The summed E-state index contributed by atoms with van der Waals surface area (Å²) < 4.78 is 23.3. The molecule has 0 aromatic heterocycles. The molecule has 1 saturated heterocycles. The van der Waals surface area contributed by atoms with Crippen LogP contribution in [0.15, 0.2) is 0 Å². The van der Waals surface area contributed by atoms with Crippen molar-refractivity contribution in [3.63, 3.8) is 0 Å². The molecule has 0 amide bonds. The van der Waals surface area contributed by atoms with Gasteiger partial charge in [-0.25, -0.2) is 0 Å². The Labute approximate surface area is 182 Å². The Balaban J connectivity index is 0.940. The molecule has 7 fully saturated rings. The number of carbonyl (C=O) groups is 2. The van der Waals surface area contributed by atoms with Crippen molar-refractivity contribution < 1.29 is 33.6 Å². The van der Waals surface area contributed by atoms with Crippen LogP contribution in [-0.4, -0.2) is 55.4 Å². The summed E-state index contributed by atoms with van der Waals surface area (Å²) in [6.45, 7) is 1.40. The third-order valence-electron chi connectivity index (χ3n) is 10.7. The van der Waals surface area contributed by atoms with Gasteiger partial charge in [0.1, 0.15) is 0 Å². The first-order valence-corrected chi connectivity index (χ1v) is 12.1. The number of ether oxygens (including phenoxy) is 4. The van der Waals surface area contributed by atoms with E-state index >= 15 is 0 Å². The third-order valence-corrected chi connectivity index (χ3v) is 10.7. The lowest BCUT2D eigenvalue weighted by Gasteiger charge is -2.72. The molecule has 31 heavy (non-hydrogen) atoms. The zero-order valence-corrected chi connectivity index (χ0v) is 18.1. The van der Waals surface area contributed by atoms with Gasteiger partial charge in [-0.2, -0.15) is 0 Å². The highest BCUT2D eigenvalue weighted by atomic mass is 16.7. The van der Waals surface area contributed by atoms with Crippen molar-refractivity contribution in [1.29, 1.82) is 0 Å². The quantitative estimate of drug-likeness (QED) is 0.680. The van der Waals surface area contributed by atoms with Crippen LogP contribution in [0.4, 0.5) is 0 Å². The van der Waals surface area contributed by atoms with Gasteiger partial charge in [0.25, 0.3) is 0 Å². The Morgan fingerprint density at radius 1 is 1.00 bits per heavy atom. The molecule has 7 heteroatoms. The maximum Gasteiger partial charge on any atom is 0.312 e. The van der Waals surface area contributed by atoms with Gasteiger partial charge in [0.05, 0.1) is 43.9 Å². The first kappa shape index (κ1) is 19.3. The van der Waals surface area contributed by atoms with Gasteiger partial charge in [-0.1, -0.05) is 0 Å². The fraction of sp³-hybridized carbons (Fsp3) is 0.917. The molecule has 5 unspecified atom stereocenters. The van der Waals surface area contributed by atoms with Crippen LogP contribution in [0.1, 0.15) is 51.4 Å². The SMILES string of the molecule is COC(=O)C1CC2CC1CC21OCC(COC(=O)C23CC4CC5(O)CC(C2)C43C5)CO1. The van der Waals surface area contributed by atoms with Crippen molar-refractivity contribution in [2.45, 2.75) is 62.8 Å². The number of carbonyl (C=O) groups excluding carboxylic acids is 2. The zero-order chi connectivity index (χ0) is 21.2. The van der Waals surface area contributed by atoms with Crippen LogP contribution < -0.4 is 0 Å². The van der Waals surface area contributed by atoms with E-state index < -0.39 is 11.4 Å². The normalized spacial score (nSPS) is 57.4. The molecular formula is C24H32O7. The molecule has 7 nitrogen and oxygen atoms in total. The minimum Gasteiger partial charge on any atom is -0.469 e. The van der Waals surface area contributed by atoms with Gasteiger partial charge >= 0.3 is 11.9 Å². The second-order valence-electron chi connectivity index (χ2n) is 11.9. The Bertz CT molecular complexity index is 827. The van der Waals surface area contributed by atoms with Crippen molar-refractivity contribution in [2.24, 2.45) is 46.3 Å². The first-order valence-electron chi connectivity index (χ1n) is 12.1. The molecule has 0 aromatic carbocycles. The van der Waals surface area contributed by atoms with E-state index in [4.69, 9.17) is 18.9 Å². The first-order chi connectivity index (χ1) is 14.8. The maximum absolute atomic E-state index is 13.1. The standard InChI is InChI=1S/C24H32O7/c1-28-19(25)18-3-15-2-14(18)4-24(15)30-10-13(11-31-24)9-29-20(26)22-7-16-5-21(27)6-17(8-22)23(16,22)12-21/h13-18,27H,2-12H2,1H3. The molecule has 0 aromatic rings. The van der Waals surface area contributed by atoms with Crippen molar-refractivity contribution in [2.75, 3.05) is 26.9 Å². The number of fused-ring (bicyclic) bond motifs is 4. The molecule has 5 atom stereocenters. The van der Waals surface area contributed by atoms with E-state index in [-0.39, 0.29) is 46.4 Å². The van der Waals surface area contributed by atoms with E-state index in [0.717, 1.165) is 51.4 Å². The number of methoxy groups -OCH3 is 1. The zero-order valence-electron chi connectivity index (χ0n) is 18.1. The van der Waals surface area contributed by atoms with Crippen molar-refractivity contribution in [1.82, 2.24) is 0 Å². The second kappa shape index (κ2) is 5.84. The molecule has 6 aliphatic carbocycles. The summed E-state index contributed by atoms with van der Waals surface area (Å²) in [4.78, 5) is 25.1. The van der Waals surface area contributed by atoms with Crippen molar-refractivity contribution >= 4 is 11.9 Å². The number of hydrogen-bond acceptors (Lipinski definition) is 7. The van der Waals surface area contributed by atoms with E-state index in [1.165, 1.54) is 7.11 Å². The lowest BCUT2D eigenvalue weighted by molar-refractivity contribution is -0.311. The Morgan fingerprint density at radius 3 is 2.29 bits per heavy atom. The Morgan fingerprint density at radius 2 is 1.71 bits per heavy atom. The highest BCUT2D eigenvalue weighted by Crippen LogP contribution is 2.87. The Kier molecular flexibility index (Phi) is 3.63. The van der Waals surface area contributed by atoms with Crippen LogP contribution in [0.5, 0.6) is 0 Å². The fourth-order valence-electron chi connectivity index (χ4n) is 9.60. The van der Waals surface area contributed by atoms with Gasteiger partial charge in [0.15, 0.2) is 5.79 Å². The van der Waals surface area contributed by atoms with Crippen molar-refractivity contribution in [3.05, 3.63) is 0 Å². The molecule has 1 aliphatic heterocycles. The van der Waals surface area contributed by atoms with Crippen LogP contribution in [0.2, 0.25) is 0 Å². The summed E-state index contributed by atoms with van der Waals surface area (Å²) in [5.74, 6) is 0.865. The fourth-order valence-corrected chi connectivity index (χ4v) is 9.60. The van der Waals surface area contributed by atoms with Crippen molar-refractivity contribution in [3.8, 4) is 0 Å². The minimum absolute atomic E-state index is 0.0217. The average Bonchev–Trinajstić information content (AvgIpc) is 3.45. The predicted molar refractivity (Wildman–Crippen MR) is 105 cm³/mol. The third kappa shape index (κ3) is 2.17. The molecule has 6 saturated carbocycles. The largest absolute Gasteiger partial charge is 0.469 e. The summed E-state index contributed by atoms with van der Waals surface area (Å²) >= 11 is 0. The van der Waals surface area contributed by atoms with Crippen LogP contribution in [0.3, 0.4) is 0 Å². The summed E-state index contributed by atoms with van der Waals surface area (Å²) in [7, 11) is 1.45. The molecule has 1 heterocycles. The number of aliphatic hydroxyl groups is 1. The van der Waals surface area contributed by atoms with E-state index in [2.05, 4.69) is 0 Å². The van der Waals surface area contributed by atoms with Gasteiger partial charge in [0, 0.05) is 18.3 Å². The molecule has 2 spiro atoms. The van der Waals surface area contributed by atoms with E-state index in [0.29, 0.717) is 31.7 Å². The van der Waals surface area contributed by atoms with Gasteiger partial charge in [-0.05, 0) is 68.1 Å². The molecule has 7 rings (SSSR count). The highest BCUT2D eigenvalue weighted by molar-refractivity contribution is 5.82. The summed E-state index contributed by atoms with van der Waals surface area (Å²) in [6, 6.07) is 0. The monoisotopic (exact) mass is 432 g/mol. The topological polar surface area (TPSA) is 91.3 Å². The van der Waals surface area contributed by atoms with E-state index in [1.54, 1.807) is 0 Å². The second-order valence-corrected chi connectivity index (χ2v) is 11.9. The molecule has 170 valence electrons. The van der Waals surface area contributed by atoms with Gasteiger partial charge in [-0.15, -0.1) is 0 Å². The maximum atomic E-state index is 13.1. The average molecular weight is 433 g/mol. The lowest BCUT2D eigenvalue weighted by atomic mass is 9.30. The van der Waals surface area contributed by atoms with Crippen LogP contribution in [0, 0.1) is 46.3 Å². The molecular weight excluding hydrogens is 400 g/mol. The molecule has 1 N–H and O–H groups in total. The molecule has 4 bridgehead atoms.